The summed E-state index contributed by atoms with van der Waals surface area (Å²) >= 11 is 0. The number of hydrogen-bond donors (Lipinski definition) is 0. The van der Waals surface area contributed by atoms with Gasteiger partial charge in [0.25, 0.3) is 0 Å². The Hall–Kier alpha value is -5.28. The van der Waals surface area contributed by atoms with Crippen LogP contribution in [0, 0.1) is 46.3 Å². The van der Waals surface area contributed by atoms with Crippen molar-refractivity contribution >= 4 is 21.5 Å². The third-order valence-electron chi connectivity index (χ3n) is 5.57. The van der Waals surface area contributed by atoms with Gasteiger partial charge in [0.2, 0.25) is 0 Å². The van der Waals surface area contributed by atoms with Crippen molar-refractivity contribution in [2.24, 2.45) is 0 Å². The van der Waals surface area contributed by atoms with Crippen LogP contribution in [0.4, 0.5) is 0 Å². The highest BCUT2D eigenvalue weighted by Crippen LogP contribution is 2.29. The molecular weight excluding hydrogens is 412 g/mol. The normalized spacial score (nSPS) is 9.82. The van der Waals surface area contributed by atoms with Gasteiger partial charge in [0.05, 0.1) is 23.3 Å². The Kier molecular flexibility index (Phi) is 5.50. The average molecular weight is 428 g/mol. The topological polar surface area (TPSA) is 47.6 Å². The average Bonchev–Trinajstić information content (AvgIpc) is 2.90. The van der Waals surface area contributed by atoms with Crippen molar-refractivity contribution in [2.45, 2.75) is 0 Å². The molecule has 0 aromatic heterocycles. The molecule has 0 fully saturated rings. The van der Waals surface area contributed by atoms with E-state index in [9.17, 15) is 0 Å². The molecule has 0 atom stereocenters. The van der Waals surface area contributed by atoms with Crippen LogP contribution in [0.15, 0.2) is 97.1 Å². The predicted octanol–water partition coefficient (Wildman–Crippen LogP) is 6.54. The summed E-state index contributed by atoms with van der Waals surface area (Å²) in [7, 11) is 0. The van der Waals surface area contributed by atoms with Crippen molar-refractivity contribution in [1.29, 1.82) is 10.5 Å². The zero-order chi connectivity index (χ0) is 23.3. The van der Waals surface area contributed by atoms with Crippen molar-refractivity contribution in [1.82, 2.24) is 0 Å². The minimum absolute atomic E-state index is 0.617. The van der Waals surface area contributed by atoms with E-state index in [1.165, 1.54) is 0 Å². The molecule has 0 spiro atoms. The molecule has 5 rings (SSSR count). The summed E-state index contributed by atoms with van der Waals surface area (Å²) in [5.41, 5.74) is 4.81. The van der Waals surface area contributed by atoms with E-state index in [1.807, 2.05) is 42.5 Å². The summed E-state index contributed by atoms with van der Waals surface area (Å²) in [5, 5.41) is 22.4. The highest BCUT2D eigenvalue weighted by Gasteiger charge is 2.06. The molecule has 0 aliphatic rings. The maximum absolute atomic E-state index is 9.03. The van der Waals surface area contributed by atoms with Crippen LogP contribution in [-0.4, -0.2) is 0 Å². The molecule has 5 aromatic carbocycles. The van der Waals surface area contributed by atoms with Gasteiger partial charge in [0.1, 0.15) is 0 Å². The summed E-state index contributed by atoms with van der Waals surface area (Å²) in [6.45, 7) is 0. The van der Waals surface area contributed by atoms with Crippen LogP contribution >= 0.6 is 0 Å². The first-order chi connectivity index (χ1) is 16.7. The Bertz CT molecular complexity index is 1750. The molecule has 2 heteroatoms. The van der Waals surface area contributed by atoms with E-state index in [1.54, 1.807) is 24.3 Å². The number of nitriles is 2. The lowest BCUT2D eigenvalue weighted by Gasteiger charge is -2.07. The SMILES string of the molecule is N#Cc1ccc(C#Cc2ccc3cc4ccccc4c(C#Cc4ccc(C#N)cc4)c3c2)cc1. The third-order valence-corrected chi connectivity index (χ3v) is 5.57. The molecule has 0 amide bonds. The maximum Gasteiger partial charge on any atom is 0.0991 e. The molecule has 0 radical (unpaired) electrons. The van der Waals surface area contributed by atoms with Gasteiger partial charge < -0.3 is 0 Å². The Labute approximate surface area is 198 Å². The van der Waals surface area contributed by atoms with E-state index in [0.29, 0.717) is 11.1 Å². The van der Waals surface area contributed by atoms with E-state index >= 15 is 0 Å². The Balaban J connectivity index is 1.63. The van der Waals surface area contributed by atoms with Crippen LogP contribution in [-0.2, 0) is 0 Å². The van der Waals surface area contributed by atoms with Crippen molar-refractivity contribution in [3.63, 3.8) is 0 Å². The number of hydrogen-bond acceptors (Lipinski definition) is 2. The smallest absolute Gasteiger partial charge is 0.0991 e. The van der Waals surface area contributed by atoms with Gasteiger partial charge >= 0.3 is 0 Å². The standard InChI is InChI=1S/C32H16N2/c33-21-26-11-6-23(7-12-26)5-10-25-15-17-29-20-28-3-1-2-4-30(28)31(32(29)19-25)18-16-24-8-13-27(22-34)14-9-24/h1-4,6-9,11-15,17,19-20H. The molecule has 154 valence electrons. The van der Waals surface area contributed by atoms with E-state index < -0.39 is 0 Å². The Morgan fingerprint density at radius 3 is 1.56 bits per heavy atom. The number of benzene rings is 5. The Morgan fingerprint density at radius 1 is 0.412 bits per heavy atom. The summed E-state index contributed by atoms with van der Waals surface area (Å²) in [6, 6.07) is 35.4. The zero-order valence-electron chi connectivity index (χ0n) is 18.1. The molecule has 0 heterocycles. The Morgan fingerprint density at radius 2 is 0.912 bits per heavy atom. The first-order valence-corrected chi connectivity index (χ1v) is 10.7. The molecule has 0 unspecified atom stereocenters. The van der Waals surface area contributed by atoms with Crippen LogP contribution in [0.5, 0.6) is 0 Å². The predicted molar refractivity (Wildman–Crippen MR) is 136 cm³/mol. The first-order valence-electron chi connectivity index (χ1n) is 10.7. The highest BCUT2D eigenvalue weighted by molar-refractivity contribution is 6.05. The van der Waals surface area contributed by atoms with E-state index in [4.69, 9.17) is 10.5 Å². The molecule has 0 bridgehead atoms. The molecule has 0 N–H and O–H groups in total. The molecule has 5 aromatic rings. The molecule has 0 aliphatic heterocycles. The molecule has 0 saturated carbocycles. The largest absolute Gasteiger partial charge is 0.192 e. The monoisotopic (exact) mass is 428 g/mol. The van der Waals surface area contributed by atoms with Crippen LogP contribution < -0.4 is 0 Å². The summed E-state index contributed by atoms with van der Waals surface area (Å²) < 4.78 is 0. The van der Waals surface area contributed by atoms with Gasteiger partial charge in [-0.3, -0.25) is 0 Å². The minimum atomic E-state index is 0.617. The lowest BCUT2D eigenvalue weighted by Crippen LogP contribution is -1.87. The van der Waals surface area contributed by atoms with Gasteiger partial charge in [-0.15, -0.1) is 0 Å². The lowest BCUT2D eigenvalue weighted by molar-refractivity contribution is 1.48. The number of nitrogens with zero attached hydrogens (tertiary/aromatic N) is 2. The van der Waals surface area contributed by atoms with Crippen molar-refractivity contribution in [2.75, 3.05) is 0 Å². The second kappa shape index (κ2) is 9.07. The van der Waals surface area contributed by atoms with Gasteiger partial charge in [0.15, 0.2) is 0 Å². The van der Waals surface area contributed by atoms with Crippen molar-refractivity contribution in [3.05, 3.63) is 130 Å². The van der Waals surface area contributed by atoms with Crippen LogP contribution in [0.1, 0.15) is 33.4 Å². The van der Waals surface area contributed by atoms with Gasteiger partial charge in [0, 0.05) is 22.3 Å². The van der Waals surface area contributed by atoms with Gasteiger partial charge in [-0.05, 0) is 88.3 Å². The minimum Gasteiger partial charge on any atom is -0.192 e. The number of fused-ring (bicyclic) bond motifs is 2. The summed E-state index contributed by atoms with van der Waals surface area (Å²) in [5.74, 6) is 13.1. The fraction of sp³-hybridized carbons (Fsp3) is 0. The zero-order valence-corrected chi connectivity index (χ0v) is 18.1. The summed E-state index contributed by atoms with van der Waals surface area (Å²) in [6.07, 6.45) is 0. The van der Waals surface area contributed by atoms with Crippen LogP contribution in [0.2, 0.25) is 0 Å². The van der Waals surface area contributed by atoms with Crippen molar-refractivity contribution in [3.8, 4) is 35.8 Å². The first kappa shape index (κ1) is 20.6. The van der Waals surface area contributed by atoms with Gasteiger partial charge in [-0.1, -0.05) is 54.0 Å². The summed E-state index contributed by atoms with van der Waals surface area (Å²) in [4.78, 5) is 0. The third kappa shape index (κ3) is 4.22. The fourth-order valence-corrected chi connectivity index (χ4v) is 3.81. The lowest BCUT2D eigenvalue weighted by atomic mass is 9.95. The van der Waals surface area contributed by atoms with Gasteiger partial charge in [-0.2, -0.15) is 10.5 Å². The fourth-order valence-electron chi connectivity index (χ4n) is 3.81. The molecule has 0 aliphatic carbocycles. The van der Waals surface area contributed by atoms with E-state index in [2.05, 4.69) is 66.2 Å². The highest BCUT2D eigenvalue weighted by atomic mass is 14.2. The molecule has 0 saturated heterocycles. The quantitative estimate of drug-likeness (QED) is 0.208. The van der Waals surface area contributed by atoms with Gasteiger partial charge in [-0.25, -0.2) is 0 Å². The maximum atomic E-state index is 9.03. The van der Waals surface area contributed by atoms with Crippen LogP contribution in [0.25, 0.3) is 21.5 Å². The second-order valence-corrected chi connectivity index (χ2v) is 7.79. The molecule has 2 nitrogen and oxygen atoms in total. The number of rotatable bonds is 0. The van der Waals surface area contributed by atoms with Crippen molar-refractivity contribution < 1.29 is 0 Å². The van der Waals surface area contributed by atoms with E-state index in [-0.39, 0.29) is 0 Å². The molecule has 34 heavy (non-hydrogen) atoms. The van der Waals surface area contributed by atoms with E-state index in [0.717, 1.165) is 43.8 Å². The van der Waals surface area contributed by atoms with Crippen LogP contribution in [0.3, 0.4) is 0 Å². The second-order valence-electron chi connectivity index (χ2n) is 7.79. The molecular formula is C32H16N2.